The smallest absolute Gasteiger partial charge is 0.265 e. The Balaban J connectivity index is 1.68. The van der Waals surface area contributed by atoms with Crippen LogP contribution in [-0.4, -0.2) is 21.4 Å². The summed E-state index contributed by atoms with van der Waals surface area (Å²) < 4.78 is 1.51. The molecule has 0 fully saturated rings. The lowest BCUT2D eigenvalue weighted by Crippen LogP contribution is -2.30. The van der Waals surface area contributed by atoms with E-state index in [-0.39, 0.29) is 11.5 Å². The van der Waals surface area contributed by atoms with Crippen molar-refractivity contribution < 1.29 is 9.59 Å². The molecule has 0 aliphatic rings. The van der Waals surface area contributed by atoms with Gasteiger partial charge in [0, 0.05) is 29.9 Å². The van der Waals surface area contributed by atoms with Crippen molar-refractivity contribution in [1.82, 2.24) is 9.55 Å². The number of aromatic nitrogens is 2. The summed E-state index contributed by atoms with van der Waals surface area (Å²) >= 11 is 0. The van der Waals surface area contributed by atoms with Crippen molar-refractivity contribution in [1.29, 1.82) is 0 Å². The Bertz CT molecular complexity index is 1310. The third-order valence-corrected chi connectivity index (χ3v) is 4.74. The first-order valence-electron chi connectivity index (χ1n) is 9.73. The maximum absolute atomic E-state index is 13.2. The molecule has 154 valence electrons. The van der Waals surface area contributed by atoms with Crippen molar-refractivity contribution in [3.63, 3.8) is 0 Å². The second-order valence-corrected chi connectivity index (χ2v) is 7.06. The van der Waals surface area contributed by atoms with E-state index in [4.69, 9.17) is 0 Å². The highest BCUT2D eigenvalue weighted by Gasteiger charge is 2.17. The van der Waals surface area contributed by atoms with Crippen LogP contribution in [0.4, 0.5) is 11.4 Å². The summed E-state index contributed by atoms with van der Waals surface area (Å²) in [6, 6.07) is 21.4. The summed E-state index contributed by atoms with van der Waals surface area (Å²) in [5, 5.41) is 6.11. The van der Waals surface area contributed by atoms with Crippen LogP contribution in [0.15, 0.2) is 83.8 Å². The molecule has 0 aliphatic heterocycles. The number of carbonyl (C=O) groups is 2. The Morgan fingerprint density at radius 3 is 2.26 bits per heavy atom. The highest BCUT2D eigenvalue weighted by molar-refractivity contribution is 6.05. The molecular weight excluding hydrogens is 392 g/mol. The quantitative estimate of drug-likeness (QED) is 0.523. The standard InChI is InChI=1S/C24H20N4O3/c1-16(29)26-19-9-11-20(12-10-19)27-23(30)21-14-18-8-5-13-25-22(18)28(24(21)31)15-17-6-3-2-4-7-17/h2-14H,15H2,1H3,(H,26,29)(H,27,30). The van der Waals surface area contributed by atoms with Gasteiger partial charge in [0.2, 0.25) is 5.91 Å². The van der Waals surface area contributed by atoms with Gasteiger partial charge in [-0.15, -0.1) is 0 Å². The molecule has 2 aromatic heterocycles. The van der Waals surface area contributed by atoms with Gasteiger partial charge >= 0.3 is 0 Å². The maximum Gasteiger partial charge on any atom is 0.265 e. The summed E-state index contributed by atoms with van der Waals surface area (Å²) in [4.78, 5) is 41.6. The largest absolute Gasteiger partial charge is 0.326 e. The molecule has 7 nitrogen and oxygen atoms in total. The first-order chi connectivity index (χ1) is 15.0. The van der Waals surface area contributed by atoms with Gasteiger partial charge in [0.1, 0.15) is 11.2 Å². The Labute approximate surface area is 178 Å². The van der Waals surface area contributed by atoms with Crippen molar-refractivity contribution in [2.75, 3.05) is 10.6 Å². The lowest BCUT2D eigenvalue weighted by molar-refractivity contribution is -0.114. The van der Waals surface area contributed by atoms with E-state index < -0.39 is 11.5 Å². The van der Waals surface area contributed by atoms with Gasteiger partial charge in [0.15, 0.2) is 0 Å². The monoisotopic (exact) mass is 412 g/mol. The number of pyridine rings is 2. The number of nitrogens with zero attached hydrogens (tertiary/aromatic N) is 2. The molecule has 2 N–H and O–H groups in total. The van der Waals surface area contributed by atoms with E-state index in [1.54, 1.807) is 42.6 Å². The van der Waals surface area contributed by atoms with E-state index in [1.165, 1.54) is 11.5 Å². The number of fused-ring (bicyclic) bond motifs is 1. The number of nitrogens with one attached hydrogen (secondary N) is 2. The van der Waals surface area contributed by atoms with E-state index in [9.17, 15) is 14.4 Å². The molecule has 2 aromatic carbocycles. The number of hydrogen-bond donors (Lipinski definition) is 2. The predicted molar refractivity (Wildman–Crippen MR) is 120 cm³/mol. The second-order valence-electron chi connectivity index (χ2n) is 7.06. The lowest BCUT2D eigenvalue weighted by Gasteiger charge is -2.13. The van der Waals surface area contributed by atoms with Gasteiger partial charge in [-0.25, -0.2) is 4.98 Å². The summed E-state index contributed by atoms with van der Waals surface area (Å²) in [5.41, 5.74) is 2.20. The molecule has 4 rings (SSSR count). The minimum absolute atomic E-state index is 0.0300. The molecule has 4 aromatic rings. The van der Waals surface area contributed by atoms with Gasteiger partial charge in [-0.1, -0.05) is 30.3 Å². The zero-order valence-electron chi connectivity index (χ0n) is 16.8. The molecule has 2 amide bonds. The van der Waals surface area contributed by atoms with Crippen molar-refractivity contribution in [3.8, 4) is 0 Å². The number of benzene rings is 2. The summed E-state index contributed by atoms with van der Waals surface area (Å²) in [7, 11) is 0. The minimum atomic E-state index is -0.509. The molecule has 0 bridgehead atoms. The van der Waals surface area contributed by atoms with Crippen molar-refractivity contribution in [2.45, 2.75) is 13.5 Å². The van der Waals surface area contributed by atoms with E-state index in [0.29, 0.717) is 29.0 Å². The molecule has 31 heavy (non-hydrogen) atoms. The van der Waals surface area contributed by atoms with Crippen molar-refractivity contribution >= 4 is 34.2 Å². The zero-order chi connectivity index (χ0) is 21.8. The molecule has 0 saturated carbocycles. The number of anilines is 2. The van der Waals surface area contributed by atoms with Gasteiger partial charge in [0.05, 0.1) is 6.54 Å². The normalized spacial score (nSPS) is 10.6. The summed E-state index contributed by atoms with van der Waals surface area (Å²) in [6.45, 7) is 1.73. The van der Waals surface area contributed by atoms with Gasteiger partial charge in [-0.3, -0.25) is 19.0 Å². The molecule has 0 aliphatic carbocycles. The van der Waals surface area contributed by atoms with Gasteiger partial charge in [-0.05, 0) is 48.0 Å². The third kappa shape index (κ3) is 4.51. The van der Waals surface area contributed by atoms with E-state index >= 15 is 0 Å². The van der Waals surface area contributed by atoms with E-state index in [1.807, 2.05) is 36.4 Å². The minimum Gasteiger partial charge on any atom is -0.326 e. The average molecular weight is 412 g/mol. The zero-order valence-corrected chi connectivity index (χ0v) is 16.8. The SMILES string of the molecule is CC(=O)Nc1ccc(NC(=O)c2cc3cccnc3n(Cc3ccccc3)c2=O)cc1. The van der Waals surface area contributed by atoms with Gasteiger partial charge in [-0.2, -0.15) is 0 Å². The Kier molecular flexibility index (Phi) is 5.57. The van der Waals surface area contributed by atoms with Crippen LogP contribution in [0.5, 0.6) is 0 Å². The summed E-state index contributed by atoms with van der Waals surface area (Å²) in [5.74, 6) is -0.689. The van der Waals surface area contributed by atoms with E-state index in [2.05, 4.69) is 15.6 Å². The highest BCUT2D eigenvalue weighted by Crippen LogP contribution is 2.16. The van der Waals surface area contributed by atoms with Crippen LogP contribution in [-0.2, 0) is 11.3 Å². The van der Waals surface area contributed by atoms with Crippen LogP contribution >= 0.6 is 0 Å². The first-order valence-corrected chi connectivity index (χ1v) is 9.73. The average Bonchev–Trinajstić information content (AvgIpc) is 2.77. The van der Waals surface area contributed by atoms with Gasteiger partial charge < -0.3 is 10.6 Å². The van der Waals surface area contributed by atoms with Crippen LogP contribution in [0.25, 0.3) is 11.0 Å². The van der Waals surface area contributed by atoms with Crippen molar-refractivity contribution in [3.05, 3.63) is 100 Å². The topological polar surface area (TPSA) is 93.1 Å². The van der Waals surface area contributed by atoms with Crippen LogP contribution in [0, 0.1) is 0 Å². The molecule has 0 saturated heterocycles. The number of amides is 2. The molecule has 7 heteroatoms. The van der Waals surface area contributed by atoms with E-state index in [0.717, 1.165) is 5.56 Å². The fourth-order valence-corrected chi connectivity index (χ4v) is 3.32. The maximum atomic E-state index is 13.2. The Morgan fingerprint density at radius 1 is 0.903 bits per heavy atom. The van der Waals surface area contributed by atoms with Crippen LogP contribution < -0.4 is 16.2 Å². The molecule has 0 radical (unpaired) electrons. The molecule has 0 unspecified atom stereocenters. The molecular formula is C24H20N4O3. The summed E-state index contributed by atoms with van der Waals surface area (Å²) in [6.07, 6.45) is 1.62. The second kappa shape index (κ2) is 8.62. The van der Waals surface area contributed by atoms with Crippen LogP contribution in [0.1, 0.15) is 22.8 Å². The van der Waals surface area contributed by atoms with Gasteiger partial charge in [0.25, 0.3) is 11.5 Å². The predicted octanol–water partition coefficient (Wildman–Crippen LogP) is 3.66. The molecule has 0 spiro atoms. The fourth-order valence-electron chi connectivity index (χ4n) is 3.32. The van der Waals surface area contributed by atoms with Crippen molar-refractivity contribution in [2.24, 2.45) is 0 Å². The fraction of sp³-hybridized carbons (Fsp3) is 0.0833. The number of rotatable bonds is 5. The van der Waals surface area contributed by atoms with Crippen LogP contribution in [0.3, 0.4) is 0 Å². The third-order valence-electron chi connectivity index (χ3n) is 4.74. The first kappa shape index (κ1) is 20.0. The lowest BCUT2D eigenvalue weighted by atomic mass is 10.1. The molecule has 2 heterocycles. The molecule has 0 atom stereocenters. The Morgan fingerprint density at radius 2 is 1.58 bits per heavy atom. The van der Waals surface area contributed by atoms with Crippen LogP contribution in [0.2, 0.25) is 0 Å². The highest BCUT2D eigenvalue weighted by atomic mass is 16.2. The number of carbonyl (C=O) groups excluding carboxylic acids is 2. The number of hydrogen-bond acceptors (Lipinski definition) is 4. The Hall–Kier alpha value is -4.26.